The Morgan fingerprint density at radius 3 is 2.70 bits per heavy atom. The number of fused-ring (bicyclic) bond motifs is 1. The normalized spacial score (nSPS) is 14.6. The van der Waals surface area contributed by atoms with Crippen molar-refractivity contribution in [1.82, 2.24) is 14.5 Å². The van der Waals surface area contributed by atoms with E-state index in [1.807, 2.05) is 23.6 Å². The average molecular weight is 426 g/mol. The highest BCUT2D eigenvalue weighted by atomic mass is 32.1. The van der Waals surface area contributed by atoms with Gasteiger partial charge >= 0.3 is 0 Å². The second kappa shape index (κ2) is 9.31. The first-order chi connectivity index (χ1) is 14.5. The zero-order chi connectivity index (χ0) is 21.1. The van der Waals surface area contributed by atoms with E-state index in [0.29, 0.717) is 13.2 Å². The summed E-state index contributed by atoms with van der Waals surface area (Å²) in [6, 6.07) is 8.13. The van der Waals surface area contributed by atoms with Gasteiger partial charge < -0.3 is 4.74 Å². The lowest BCUT2D eigenvalue weighted by Gasteiger charge is -2.18. The van der Waals surface area contributed by atoms with Crippen LogP contribution in [0.1, 0.15) is 47.5 Å². The molecule has 0 bridgehead atoms. The molecule has 1 fully saturated rings. The molecule has 160 valence electrons. The van der Waals surface area contributed by atoms with Gasteiger partial charge in [0.25, 0.3) is 5.56 Å². The number of thiophene rings is 1. The molecule has 30 heavy (non-hydrogen) atoms. The monoisotopic (exact) mass is 425 g/mol. The predicted molar refractivity (Wildman–Crippen MR) is 124 cm³/mol. The van der Waals surface area contributed by atoms with Crippen molar-refractivity contribution in [2.24, 2.45) is 0 Å². The third-order valence-corrected chi connectivity index (χ3v) is 7.07. The topological polar surface area (TPSA) is 47.4 Å². The van der Waals surface area contributed by atoms with Gasteiger partial charge in [-0.1, -0.05) is 12.1 Å². The molecule has 1 saturated heterocycles. The van der Waals surface area contributed by atoms with Crippen LogP contribution >= 0.6 is 11.3 Å². The number of hydrogen-bond acceptors (Lipinski definition) is 5. The van der Waals surface area contributed by atoms with E-state index in [-0.39, 0.29) is 5.56 Å². The minimum atomic E-state index is 0.121. The first-order valence-electron chi connectivity index (χ1n) is 10.9. The fourth-order valence-corrected chi connectivity index (χ4v) is 5.17. The van der Waals surface area contributed by atoms with E-state index in [9.17, 15) is 4.79 Å². The van der Waals surface area contributed by atoms with E-state index < -0.39 is 0 Å². The van der Waals surface area contributed by atoms with Crippen LogP contribution in [-0.2, 0) is 13.1 Å². The molecule has 1 aliphatic rings. The standard InChI is InChI=1S/C24H31N3O2S/c1-17-9-8-10-20(15-17)29-14-7-6-13-27-21(16-26-11-4-5-12-26)25-23-22(24(27)28)18(2)19(3)30-23/h8-10,15H,4-7,11-14,16H2,1-3H3. The Hall–Kier alpha value is -2.18. The number of unbranched alkanes of at least 4 members (excludes halogenated alkanes) is 1. The van der Waals surface area contributed by atoms with Crippen LogP contribution in [0.4, 0.5) is 0 Å². The van der Waals surface area contributed by atoms with E-state index in [1.165, 1.54) is 23.3 Å². The maximum absolute atomic E-state index is 13.4. The molecule has 0 amide bonds. The van der Waals surface area contributed by atoms with Gasteiger partial charge in [-0.05, 0) is 82.8 Å². The number of hydrogen-bond donors (Lipinski definition) is 0. The number of aromatic nitrogens is 2. The quantitative estimate of drug-likeness (QED) is 0.485. The van der Waals surface area contributed by atoms with E-state index in [1.54, 1.807) is 11.3 Å². The zero-order valence-corrected chi connectivity index (χ0v) is 19.1. The van der Waals surface area contributed by atoms with Crippen molar-refractivity contribution in [3.8, 4) is 5.75 Å². The fourth-order valence-electron chi connectivity index (χ4n) is 4.13. The van der Waals surface area contributed by atoms with Crippen LogP contribution in [0.3, 0.4) is 0 Å². The zero-order valence-electron chi connectivity index (χ0n) is 18.2. The Morgan fingerprint density at radius 1 is 1.13 bits per heavy atom. The van der Waals surface area contributed by atoms with E-state index in [2.05, 4.69) is 30.9 Å². The number of rotatable bonds is 8. The van der Waals surface area contributed by atoms with Crippen molar-refractivity contribution in [1.29, 1.82) is 0 Å². The molecule has 3 aromatic rings. The summed E-state index contributed by atoms with van der Waals surface area (Å²) < 4.78 is 7.80. The average Bonchev–Trinajstić information content (AvgIpc) is 3.32. The van der Waals surface area contributed by atoms with E-state index >= 15 is 0 Å². The maximum Gasteiger partial charge on any atom is 0.262 e. The summed E-state index contributed by atoms with van der Waals surface area (Å²) >= 11 is 1.64. The lowest BCUT2D eigenvalue weighted by Crippen LogP contribution is -2.30. The molecule has 6 heteroatoms. The molecule has 0 aliphatic carbocycles. The molecule has 2 aromatic heterocycles. The van der Waals surface area contributed by atoms with Crippen molar-refractivity contribution in [2.75, 3.05) is 19.7 Å². The Bertz CT molecular complexity index is 1080. The molecule has 0 spiro atoms. The predicted octanol–water partition coefficient (Wildman–Crippen LogP) is 4.84. The summed E-state index contributed by atoms with van der Waals surface area (Å²) in [6.07, 6.45) is 4.28. The SMILES string of the molecule is Cc1cccc(OCCCCn2c(CN3CCCC3)nc3sc(C)c(C)c3c2=O)c1. The van der Waals surface area contributed by atoms with Gasteiger partial charge in [0.1, 0.15) is 16.4 Å². The molecule has 0 saturated carbocycles. The molecule has 0 N–H and O–H groups in total. The summed E-state index contributed by atoms with van der Waals surface area (Å²) in [7, 11) is 0. The molecule has 4 rings (SSSR count). The fraction of sp³-hybridized carbons (Fsp3) is 0.500. The number of benzene rings is 1. The van der Waals surface area contributed by atoms with Gasteiger partial charge in [-0.3, -0.25) is 14.3 Å². The first kappa shape index (κ1) is 21.1. The van der Waals surface area contributed by atoms with Gasteiger partial charge in [0.05, 0.1) is 18.5 Å². The molecule has 0 radical (unpaired) electrons. The van der Waals surface area contributed by atoms with E-state index in [4.69, 9.17) is 9.72 Å². The number of ether oxygens (including phenoxy) is 1. The minimum absolute atomic E-state index is 0.121. The summed E-state index contributed by atoms with van der Waals surface area (Å²) in [5.41, 5.74) is 2.40. The van der Waals surface area contributed by atoms with Gasteiger partial charge in [0.2, 0.25) is 0 Å². The van der Waals surface area contributed by atoms with Crippen molar-refractivity contribution >= 4 is 21.6 Å². The summed E-state index contributed by atoms with van der Waals surface area (Å²) in [4.78, 5) is 22.8. The number of likely N-dealkylation sites (tertiary alicyclic amines) is 1. The summed E-state index contributed by atoms with van der Waals surface area (Å²) in [5.74, 6) is 1.82. The Labute approximate surface area is 182 Å². The highest BCUT2D eigenvalue weighted by molar-refractivity contribution is 7.18. The van der Waals surface area contributed by atoms with Gasteiger partial charge in [0.15, 0.2) is 0 Å². The molecule has 1 aromatic carbocycles. The maximum atomic E-state index is 13.4. The van der Waals surface area contributed by atoms with Gasteiger partial charge in [-0.15, -0.1) is 11.3 Å². The molecular formula is C24H31N3O2S. The van der Waals surface area contributed by atoms with Crippen LogP contribution < -0.4 is 10.3 Å². The minimum Gasteiger partial charge on any atom is -0.494 e. The summed E-state index contributed by atoms with van der Waals surface area (Å²) in [5, 5.41) is 0.804. The highest BCUT2D eigenvalue weighted by Crippen LogP contribution is 2.27. The molecule has 5 nitrogen and oxygen atoms in total. The van der Waals surface area contributed by atoms with Gasteiger partial charge in [-0.2, -0.15) is 0 Å². The van der Waals surface area contributed by atoms with Crippen molar-refractivity contribution in [2.45, 2.75) is 59.5 Å². The first-order valence-corrected chi connectivity index (χ1v) is 11.8. The second-order valence-electron chi connectivity index (χ2n) is 8.30. The van der Waals surface area contributed by atoms with Crippen LogP contribution in [0.25, 0.3) is 10.2 Å². The molecule has 3 heterocycles. The third-order valence-electron chi connectivity index (χ3n) is 5.97. The second-order valence-corrected chi connectivity index (χ2v) is 9.51. The lowest BCUT2D eigenvalue weighted by atomic mass is 10.2. The van der Waals surface area contributed by atoms with E-state index in [0.717, 1.165) is 59.8 Å². The van der Waals surface area contributed by atoms with Crippen LogP contribution in [0.2, 0.25) is 0 Å². The highest BCUT2D eigenvalue weighted by Gasteiger charge is 2.19. The van der Waals surface area contributed by atoms with Crippen molar-refractivity contribution in [3.05, 3.63) is 56.4 Å². The van der Waals surface area contributed by atoms with Crippen LogP contribution in [0.5, 0.6) is 5.75 Å². The smallest absolute Gasteiger partial charge is 0.262 e. The van der Waals surface area contributed by atoms with Gasteiger partial charge in [-0.25, -0.2) is 4.98 Å². The van der Waals surface area contributed by atoms with Gasteiger partial charge in [0, 0.05) is 11.4 Å². The van der Waals surface area contributed by atoms with Crippen LogP contribution in [0.15, 0.2) is 29.1 Å². The molecular weight excluding hydrogens is 394 g/mol. The number of aryl methyl sites for hydroxylation is 3. The van der Waals surface area contributed by atoms with Crippen LogP contribution in [0, 0.1) is 20.8 Å². The molecule has 0 atom stereocenters. The lowest BCUT2D eigenvalue weighted by molar-refractivity contribution is 0.296. The number of nitrogens with zero attached hydrogens (tertiary/aromatic N) is 3. The summed E-state index contributed by atoms with van der Waals surface area (Å²) in [6.45, 7) is 10.5. The van der Waals surface area contributed by atoms with Crippen molar-refractivity contribution < 1.29 is 4.74 Å². The van der Waals surface area contributed by atoms with Crippen LogP contribution in [-0.4, -0.2) is 34.1 Å². The Kier molecular flexibility index (Phi) is 6.54. The Balaban J connectivity index is 1.48. The van der Waals surface area contributed by atoms with Crippen molar-refractivity contribution in [3.63, 3.8) is 0 Å². The molecule has 1 aliphatic heterocycles. The molecule has 0 unspecified atom stereocenters. The third kappa shape index (κ3) is 4.60. The largest absolute Gasteiger partial charge is 0.494 e. The Morgan fingerprint density at radius 2 is 1.93 bits per heavy atom.